The Balaban J connectivity index is 1.57. The number of aryl methyl sites for hydroxylation is 2. The predicted molar refractivity (Wildman–Crippen MR) is 163 cm³/mol. The van der Waals surface area contributed by atoms with Crippen molar-refractivity contribution in [3.05, 3.63) is 64.7 Å². The summed E-state index contributed by atoms with van der Waals surface area (Å²) in [6, 6.07) is 15.3. The standard InChI is InChI=1S/C31H29ClN4O4S/c1-16-14-21-27(25(17-6-9-19(32)10-7-17)24(16)26(30(38)39)40-31(2,3)4)41-29(33-21)18-8-11-22-20(15-18)28(34-35(22)5)36-13-12-23(36)37/h6-11,14-15,26H,12-13H2,1-5H3,(H,38,39). The maximum Gasteiger partial charge on any atom is 0.337 e. The largest absolute Gasteiger partial charge is 0.479 e. The number of ether oxygens (including phenoxy) is 1. The number of hydrogen-bond donors (Lipinski definition) is 1. The average Bonchev–Trinajstić information content (AvgIpc) is 3.46. The molecule has 1 atom stereocenters. The van der Waals surface area contributed by atoms with Crippen molar-refractivity contribution in [2.45, 2.75) is 45.8 Å². The van der Waals surface area contributed by atoms with E-state index in [4.69, 9.17) is 21.3 Å². The molecule has 10 heteroatoms. The van der Waals surface area contributed by atoms with E-state index in [1.54, 1.807) is 21.7 Å². The van der Waals surface area contributed by atoms with Crippen molar-refractivity contribution in [2.24, 2.45) is 7.05 Å². The van der Waals surface area contributed by atoms with Gasteiger partial charge in [-0.25, -0.2) is 9.78 Å². The number of fused-ring (bicyclic) bond motifs is 2. The number of carbonyl (C=O) groups excluding carboxylic acids is 1. The van der Waals surface area contributed by atoms with Gasteiger partial charge < -0.3 is 9.84 Å². The van der Waals surface area contributed by atoms with Gasteiger partial charge >= 0.3 is 5.97 Å². The predicted octanol–water partition coefficient (Wildman–Crippen LogP) is 7.16. The van der Waals surface area contributed by atoms with Crippen LogP contribution in [0, 0.1) is 6.92 Å². The van der Waals surface area contributed by atoms with Crippen molar-refractivity contribution >= 4 is 61.8 Å². The van der Waals surface area contributed by atoms with Gasteiger partial charge in [-0.2, -0.15) is 5.10 Å². The van der Waals surface area contributed by atoms with E-state index in [2.05, 4.69) is 5.10 Å². The van der Waals surface area contributed by atoms with E-state index in [0.29, 0.717) is 29.4 Å². The third kappa shape index (κ3) is 4.88. The number of nitrogens with zero attached hydrogens (tertiary/aromatic N) is 4. The summed E-state index contributed by atoms with van der Waals surface area (Å²) in [5.74, 6) is -0.334. The number of hydrogen-bond acceptors (Lipinski definition) is 6. The lowest BCUT2D eigenvalue weighted by atomic mass is 9.91. The van der Waals surface area contributed by atoms with Gasteiger partial charge in [0.2, 0.25) is 5.91 Å². The molecule has 5 aromatic rings. The van der Waals surface area contributed by atoms with Crippen LogP contribution in [0.2, 0.25) is 5.02 Å². The fourth-order valence-corrected chi connectivity index (χ4v) is 6.53. The van der Waals surface area contributed by atoms with Crippen LogP contribution in [0.1, 0.15) is 44.4 Å². The number of carbonyl (C=O) groups is 2. The van der Waals surface area contributed by atoms with Crippen molar-refractivity contribution in [2.75, 3.05) is 11.4 Å². The van der Waals surface area contributed by atoms with E-state index < -0.39 is 17.7 Å². The smallest absolute Gasteiger partial charge is 0.337 e. The third-order valence-electron chi connectivity index (χ3n) is 7.20. The number of carboxylic acids is 1. The molecule has 1 saturated heterocycles. The van der Waals surface area contributed by atoms with E-state index in [0.717, 1.165) is 48.4 Å². The van der Waals surface area contributed by atoms with Crippen LogP contribution >= 0.6 is 22.9 Å². The molecule has 1 aliphatic rings. The molecule has 2 aromatic heterocycles. The summed E-state index contributed by atoms with van der Waals surface area (Å²) in [6.45, 7) is 8.10. The molecule has 0 radical (unpaired) electrons. The molecule has 41 heavy (non-hydrogen) atoms. The number of aliphatic carboxylic acids is 1. The SMILES string of the molecule is Cc1cc2nc(-c3ccc4c(c3)c(N3CCC3=O)nn4C)sc2c(-c2ccc(Cl)cc2)c1C(OC(C)(C)C)C(=O)O. The molecule has 1 unspecified atom stereocenters. The number of aromatic nitrogens is 3. The van der Waals surface area contributed by atoms with Crippen LogP contribution in [0.3, 0.4) is 0 Å². The van der Waals surface area contributed by atoms with Gasteiger partial charge in [0, 0.05) is 47.1 Å². The van der Waals surface area contributed by atoms with E-state index >= 15 is 0 Å². The molecule has 8 nitrogen and oxygen atoms in total. The molecule has 0 saturated carbocycles. The highest BCUT2D eigenvalue weighted by molar-refractivity contribution is 7.22. The summed E-state index contributed by atoms with van der Waals surface area (Å²) in [5.41, 5.74) is 4.87. The summed E-state index contributed by atoms with van der Waals surface area (Å²) >= 11 is 7.72. The molecule has 0 aliphatic carbocycles. The first kappa shape index (κ1) is 27.4. The lowest BCUT2D eigenvalue weighted by Crippen LogP contribution is -2.43. The molecular weight excluding hydrogens is 560 g/mol. The van der Waals surface area contributed by atoms with Gasteiger partial charge in [-0.1, -0.05) is 23.7 Å². The van der Waals surface area contributed by atoms with Crippen LogP contribution in [0.15, 0.2) is 48.5 Å². The van der Waals surface area contributed by atoms with Gasteiger partial charge in [0.1, 0.15) is 5.01 Å². The Morgan fingerprint density at radius 2 is 1.83 bits per heavy atom. The zero-order chi connectivity index (χ0) is 29.2. The molecule has 0 spiro atoms. The highest BCUT2D eigenvalue weighted by atomic mass is 35.5. The van der Waals surface area contributed by atoms with E-state index in [9.17, 15) is 14.7 Å². The molecule has 1 amide bonds. The summed E-state index contributed by atoms with van der Waals surface area (Å²) in [7, 11) is 1.87. The number of rotatable bonds is 6. The first-order valence-electron chi connectivity index (χ1n) is 13.3. The zero-order valence-corrected chi connectivity index (χ0v) is 24.9. The maximum atomic E-state index is 12.6. The fraction of sp³-hybridized carbons (Fsp3) is 0.290. The van der Waals surface area contributed by atoms with Gasteiger partial charge in [0.15, 0.2) is 11.9 Å². The Kier molecular flexibility index (Phi) is 6.64. The molecule has 6 rings (SSSR count). The van der Waals surface area contributed by atoms with Crippen molar-refractivity contribution in [3.63, 3.8) is 0 Å². The first-order chi connectivity index (χ1) is 19.4. The number of thiazole rings is 1. The Morgan fingerprint density at radius 1 is 1.12 bits per heavy atom. The minimum absolute atomic E-state index is 0.0662. The highest BCUT2D eigenvalue weighted by Crippen LogP contribution is 2.45. The second-order valence-electron chi connectivity index (χ2n) is 11.3. The summed E-state index contributed by atoms with van der Waals surface area (Å²) in [5, 5.41) is 17.2. The first-order valence-corrected chi connectivity index (χ1v) is 14.5. The second-order valence-corrected chi connectivity index (χ2v) is 12.7. The minimum atomic E-state index is -1.18. The zero-order valence-electron chi connectivity index (χ0n) is 23.4. The normalized spacial score (nSPS) is 14.6. The fourth-order valence-electron chi connectivity index (χ4n) is 5.28. The monoisotopic (exact) mass is 588 g/mol. The lowest BCUT2D eigenvalue weighted by Gasteiger charge is -2.28. The van der Waals surface area contributed by atoms with Crippen LogP contribution in [-0.2, 0) is 21.4 Å². The van der Waals surface area contributed by atoms with Crippen molar-refractivity contribution < 1.29 is 19.4 Å². The van der Waals surface area contributed by atoms with Crippen LogP contribution in [-0.4, -0.2) is 43.9 Å². The molecule has 1 fully saturated rings. The molecule has 3 heterocycles. The summed E-state index contributed by atoms with van der Waals surface area (Å²) in [6.07, 6.45) is -0.653. The molecular formula is C31H29ClN4O4S. The van der Waals surface area contributed by atoms with Gasteiger partial charge in [-0.15, -0.1) is 11.3 Å². The van der Waals surface area contributed by atoms with Gasteiger partial charge in [0.05, 0.1) is 21.3 Å². The number of halogens is 1. The van der Waals surface area contributed by atoms with E-state index in [1.165, 1.54) is 11.3 Å². The maximum absolute atomic E-state index is 12.6. The minimum Gasteiger partial charge on any atom is -0.479 e. The van der Waals surface area contributed by atoms with Crippen molar-refractivity contribution in [1.82, 2.24) is 14.8 Å². The molecule has 0 bridgehead atoms. The second kappa shape index (κ2) is 9.94. The topological polar surface area (TPSA) is 97.5 Å². The van der Waals surface area contributed by atoms with Gasteiger partial charge in [-0.05, 0) is 75.2 Å². The van der Waals surface area contributed by atoms with Gasteiger partial charge in [-0.3, -0.25) is 14.4 Å². The molecule has 1 N–H and O–H groups in total. The van der Waals surface area contributed by atoms with Gasteiger partial charge in [0.25, 0.3) is 0 Å². The summed E-state index contributed by atoms with van der Waals surface area (Å²) in [4.78, 5) is 31.5. The Hall–Kier alpha value is -3.79. The van der Waals surface area contributed by atoms with Crippen molar-refractivity contribution in [3.8, 4) is 21.7 Å². The highest BCUT2D eigenvalue weighted by Gasteiger charge is 2.33. The molecule has 1 aliphatic heterocycles. The van der Waals surface area contributed by atoms with E-state index in [-0.39, 0.29) is 5.91 Å². The Bertz CT molecular complexity index is 1850. The van der Waals surface area contributed by atoms with Crippen LogP contribution < -0.4 is 4.90 Å². The quantitative estimate of drug-likeness (QED) is 0.211. The van der Waals surface area contributed by atoms with Crippen LogP contribution in [0.25, 0.3) is 42.8 Å². The van der Waals surface area contributed by atoms with Crippen LogP contribution in [0.5, 0.6) is 0 Å². The number of carboxylic acid groups (broad SMARTS) is 1. The number of anilines is 1. The summed E-state index contributed by atoms with van der Waals surface area (Å²) < 4.78 is 8.76. The Labute approximate surface area is 246 Å². The average molecular weight is 589 g/mol. The van der Waals surface area contributed by atoms with E-state index in [1.807, 2.05) is 71.1 Å². The number of amides is 1. The van der Waals surface area contributed by atoms with Crippen LogP contribution in [0.4, 0.5) is 5.82 Å². The number of benzene rings is 3. The molecule has 3 aromatic carbocycles. The van der Waals surface area contributed by atoms with Crippen molar-refractivity contribution in [1.29, 1.82) is 0 Å². The third-order valence-corrected chi connectivity index (χ3v) is 8.59. The lowest BCUT2D eigenvalue weighted by molar-refractivity contribution is -0.160. The molecule has 210 valence electrons. The number of β-lactam (4-membered cyclic amide) rings is 1. The Morgan fingerprint density at radius 3 is 2.44 bits per heavy atom.